The van der Waals surface area contributed by atoms with Gasteiger partial charge in [0, 0.05) is 31.7 Å². The molecule has 0 spiro atoms. The van der Waals surface area contributed by atoms with Gasteiger partial charge in [-0.05, 0) is 38.8 Å². The van der Waals surface area contributed by atoms with E-state index in [0.29, 0.717) is 6.61 Å². The zero-order valence-electron chi connectivity index (χ0n) is 11.8. The molecule has 3 nitrogen and oxygen atoms in total. The summed E-state index contributed by atoms with van der Waals surface area (Å²) in [5.41, 5.74) is 0.195. The summed E-state index contributed by atoms with van der Waals surface area (Å²) in [6.07, 6.45) is 10.5. The van der Waals surface area contributed by atoms with Gasteiger partial charge in [-0.2, -0.15) is 0 Å². The largest absolute Gasteiger partial charge is 0.396 e. The summed E-state index contributed by atoms with van der Waals surface area (Å²) in [7, 11) is 0. The second kappa shape index (κ2) is 7.46. The minimum atomic E-state index is 0.195. The van der Waals surface area contributed by atoms with Gasteiger partial charge in [0.05, 0.1) is 0 Å². The highest BCUT2D eigenvalue weighted by Crippen LogP contribution is 2.35. The number of aliphatic hydroxyl groups excluding tert-OH is 1. The minimum Gasteiger partial charge on any atom is -0.396 e. The second-order valence-corrected chi connectivity index (χ2v) is 6.30. The molecule has 0 bridgehead atoms. The highest BCUT2D eigenvalue weighted by atomic mass is 16.3. The van der Waals surface area contributed by atoms with Crippen LogP contribution in [0.25, 0.3) is 0 Å². The van der Waals surface area contributed by atoms with E-state index in [0.717, 1.165) is 13.1 Å². The molecular weight excluding hydrogens is 224 g/mol. The number of rotatable bonds is 6. The molecule has 0 atom stereocenters. The van der Waals surface area contributed by atoms with Gasteiger partial charge in [-0.3, -0.25) is 0 Å². The van der Waals surface area contributed by atoms with Crippen LogP contribution in [-0.2, 0) is 0 Å². The molecule has 18 heavy (non-hydrogen) atoms. The maximum atomic E-state index is 9.64. The molecule has 2 N–H and O–H groups in total. The van der Waals surface area contributed by atoms with Crippen LogP contribution in [0.1, 0.15) is 51.4 Å². The Bertz CT molecular complexity index is 221. The predicted octanol–water partition coefficient (Wildman–Crippen LogP) is 2.00. The minimum absolute atomic E-state index is 0.195. The lowest BCUT2D eigenvalue weighted by Crippen LogP contribution is -2.42. The third-order valence-corrected chi connectivity index (χ3v) is 4.80. The Balaban J connectivity index is 1.61. The molecule has 0 aromatic rings. The SMILES string of the molecule is OCC1(CNCCN2CCCCC2)CCCCC1. The van der Waals surface area contributed by atoms with E-state index in [-0.39, 0.29) is 5.41 Å². The van der Waals surface area contributed by atoms with Crippen molar-refractivity contribution >= 4 is 0 Å². The van der Waals surface area contributed by atoms with E-state index in [9.17, 15) is 5.11 Å². The van der Waals surface area contributed by atoms with Crippen LogP contribution < -0.4 is 5.32 Å². The number of piperidine rings is 1. The number of nitrogens with zero attached hydrogens (tertiary/aromatic N) is 1. The van der Waals surface area contributed by atoms with Crippen LogP contribution in [0.3, 0.4) is 0 Å². The summed E-state index contributed by atoms with van der Waals surface area (Å²) < 4.78 is 0. The number of nitrogens with one attached hydrogen (secondary N) is 1. The average Bonchev–Trinajstić information content (AvgIpc) is 2.46. The maximum Gasteiger partial charge on any atom is 0.0499 e. The standard InChI is InChI=1S/C15H30N2O/c18-14-15(7-3-1-4-8-15)13-16-9-12-17-10-5-2-6-11-17/h16,18H,1-14H2. The van der Waals surface area contributed by atoms with Crippen molar-refractivity contribution < 1.29 is 5.11 Å². The van der Waals surface area contributed by atoms with E-state index in [1.807, 2.05) is 0 Å². The molecule has 1 aliphatic heterocycles. The second-order valence-electron chi connectivity index (χ2n) is 6.30. The first-order chi connectivity index (χ1) is 8.85. The van der Waals surface area contributed by atoms with E-state index < -0.39 is 0 Å². The van der Waals surface area contributed by atoms with Crippen molar-refractivity contribution in [3.05, 3.63) is 0 Å². The van der Waals surface area contributed by atoms with Crippen LogP contribution in [0.2, 0.25) is 0 Å². The summed E-state index contributed by atoms with van der Waals surface area (Å²) in [4.78, 5) is 2.57. The first-order valence-corrected chi connectivity index (χ1v) is 7.89. The Labute approximate surface area is 112 Å². The van der Waals surface area contributed by atoms with Crippen molar-refractivity contribution in [2.75, 3.05) is 39.3 Å². The fraction of sp³-hybridized carbons (Fsp3) is 1.00. The summed E-state index contributed by atoms with van der Waals surface area (Å²) >= 11 is 0. The van der Waals surface area contributed by atoms with Crippen LogP contribution in [0.5, 0.6) is 0 Å². The van der Waals surface area contributed by atoms with E-state index in [1.54, 1.807) is 0 Å². The molecule has 2 fully saturated rings. The first-order valence-electron chi connectivity index (χ1n) is 7.89. The van der Waals surface area contributed by atoms with Gasteiger partial charge in [0.15, 0.2) is 0 Å². The molecule has 1 saturated heterocycles. The fourth-order valence-corrected chi connectivity index (χ4v) is 3.47. The highest BCUT2D eigenvalue weighted by molar-refractivity contribution is 4.84. The van der Waals surface area contributed by atoms with Gasteiger partial charge in [-0.1, -0.05) is 25.7 Å². The van der Waals surface area contributed by atoms with E-state index in [1.165, 1.54) is 71.0 Å². The molecule has 2 aliphatic rings. The van der Waals surface area contributed by atoms with Crippen molar-refractivity contribution in [1.29, 1.82) is 0 Å². The quantitative estimate of drug-likeness (QED) is 0.712. The fourth-order valence-electron chi connectivity index (χ4n) is 3.47. The number of hydrogen-bond acceptors (Lipinski definition) is 3. The molecule has 2 rings (SSSR count). The summed E-state index contributed by atoms with van der Waals surface area (Å²) in [6, 6.07) is 0. The van der Waals surface area contributed by atoms with Crippen LogP contribution >= 0.6 is 0 Å². The maximum absolute atomic E-state index is 9.64. The molecule has 0 unspecified atom stereocenters. The summed E-state index contributed by atoms with van der Waals surface area (Å²) in [5, 5.41) is 13.2. The molecule has 1 aliphatic carbocycles. The van der Waals surface area contributed by atoms with Crippen molar-refractivity contribution in [2.24, 2.45) is 5.41 Å². The Morgan fingerprint density at radius 1 is 0.944 bits per heavy atom. The topological polar surface area (TPSA) is 35.5 Å². The molecular formula is C15H30N2O. The zero-order valence-corrected chi connectivity index (χ0v) is 11.8. The Kier molecular flexibility index (Phi) is 5.93. The number of hydrogen-bond donors (Lipinski definition) is 2. The van der Waals surface area contributed by atoms with E-state index >= 15 is 0 Å². The van der Waals surface area contributed by atoms with Crippen LogP contribution in [0.15, 0.2) is 0 Å². The highest BCUT2D eigenvalue weighted by Gasteiger charge is 2.30. The molecule has 1 saturated carbocycles. The van der Waals surface area contributed by atoms with Crippen LogP contribution in [-0.4, -0.2) is 49.3 Å². The normalized spacial score (nSPS) is 25.2. The molecule has 0 radical (unpaired) electrons. The van der Waals surface area contributed by atoms with E-state index in [4.69, 9.17) is 0 Å². The monoisotopic (exact) mass is 254 g/mol. The summed E-state index contributed by atoms with van der Waals surface area (Å²) in [6.45, 7) is 6.21. The Morgan fingerprint density at radius 3 is 2.28 bits per heavy atom. The van der Waals surface area contributed by atoms with Crippen molar-refractivity contribution in [1.82, 2.24) is 10.2 Å². The van der Waals surface area contributed by atoms with Gasteiger partial charge >= 0.3 is 0 Å². The van der Waals surface area contributed by atoms with Gasteiger partial charge in [-0.15, -0.1) is 0 Å². The lowest BCUT2D eigenvalue weighted by atomic mass is 9.74. The molecule has 0 aromatic heterocycles. The lowest BCUT2D eigenvalue weighted by molar-refractivity contribution is 0.0804. The predicted molar refractivity (Wildman–Crippen MR) is 75.8 cm³/mol. The number of aliphatic hydroxyl groups is 1. The average molecular weight is 254 g/mol. The lowest BCUT2D eigenvalue weighted by Gasteiger charge is -2.36. The van der Waals surface area contributed by atoms with Crippen LogP contribution in [0.4, 0.5) is 0 Å². The van der Waals surface area contributed by atoms with Crippen LogP contribution in [0, 0.1) is 5.41 Å². The van der Waals surface area contributed by atoms with Gasteiger partial charge < -0.3 is 15.3 Å². The molecule has 0 amide bonds. The first kappa shape index (κ1) is 14.3. The summed E-state index contributed by atoms with van der Waals surface area (Å²) in [5.74, 6) is 0. The molecule has 0 aromatic carbocycles. The van der Waals surface area contributed by atoms with Gasteiger partial charge in [0.25, 0.3) is 0 Å². The van der Waals surface area contributed by atoms with Crippen molar-refractivity contribution in [2.45, 2.75) is 51.4 Å². The molecule has 1 heterocycles. The van der Waals surface area contributed by atoms with Crippen molar-refractivity contribution in [3.8, 4) is 0 Å². The smallest absolute Gasteiger partial charge is 0.0499 e. The van der Waals surface area contributed by atoms with E-state index in [2.05, 4.69) is 10.2 Å². The third-order valence-electron chi connectivity index (χ3n) is 4.80. The molecule has 106 valence electrons. The van der Waals surface area contributed by atoms with Gasteiger partial charge in [0.2, 0.25) is 0 Å². The van der Waals surface area contributed by atoms with Crippen molar-refractivity contribution in [3.63, 3.8) is 0 Å². The zero-order chi connectivity index (χ0) is 12.7. The third kappa shape index (κ3) is 4.22. The Hall–Kier alpha value is -0.120. The van der Waals surface area contributed by atoms with Gasteiger partial charge in [-0.25, -0.2) is 0 Å². The Morgan fingerprint density at radius 2 is 1.61 bits per heavy atom. The van der Waals surface area contributed by atoms with Gasteiger partial charge in [0.1, 0.15) is 0 Å². The number of likely N-dealkylation sites (tertiary alicyclic amines) is 1. The molecule has 3 heteroatoms.